The summed E-state index contributed by atoms with van der Waals surface area (Å²) in [5, 5.41) is 0. The molecule has 0 saturated heterocycles. The number of aromatic nitrogens is 2. The van der Waals surface area contributed by atoms with Gasteiger partial charge in [-0.1, -0.05) is 18.2 Å². The zero-order valence-corrected chi connectivity index (χ0v) is 17.2. The van der Waals surface area contributed by atoms with Crippen molar-refractivity contribution in [1.29, 1.82) is 0 Å². The van der Waals surface area contributed by atoms with Gasteiger partial charge in [0.1, 0.15) is 11.4 Å². The van der Waals surface area contributed by atoms with Crippen molar-refractivity contribution in [2.75, 3.05) is 7.11 Å². The molecule has 0 saturated carbocycles. The van der Waals surface area contributed by atoms with Crippen LogP contribution in [0.5, 0.6) is 5.75 Å². The van der Waals surface area contributed by atoms with Crippen LogP contribution in [0.25, 0.3) is 5.65 Å². The summed E-state index contributed by atoms with van der Waals surface area (Å²) in [5.74, 6) is 0.513. The van der Waals surface area contributed by atoms with Crippen molar-refractivity contribution in [2.45, 2.75) is 22.6 Å². The predicted molar refractivity (Wildman–Crippen MR) is 113 cm³/mol. The monoisotopic (exact) mass is 420 g/mol. The number of hydrogen-bond acceptors (Lipinski definition) is 5. The van der Waals surface area contributed by atoms with Gasteiger partial charge in [-0.15, -0.1) is 0 Å². The van der Waals surface area contributed by atoms with E-state index in [4.69, 9.17) is 4.74 Å². The Kier molecular flexibility index (Phi) is 5.37. The number of fused-ring (bicyclic) bond motifs is 1. The molecule has 6 nitrogen and oxygen atoms in total. The number of hydrogen-bond donors (Lipinski definition) is 0. The van der Waals surface area contributed by atoms with Crippen molar-refractivity contribution in [1.82, 2.24) is 9.38 Å². The van der Waals surface area contributed by atoms with Crippen molar-refractivity contribution >= 4 is 21.3 Å². The van der Waals surface area contributed by atoms with Crippen molar-refractivity contribution in [3.63, 3.8) is 0 Å². The topological polar surface area (TPSA) is 77.7 Å². The number of imidazole rings is 1. The van der Waals surface area contributed by atoms with Crippen molar-refractivity contribution in [3.8, 4) is 5.75 Å². The van der Waals surface area contributed by atoms with E-state index in [1.165, 1.54) is 13.2 Å². The lowest BCUT2D eigenvalue weighted by atomic mass is 10.0. The molecule has 4 rings (SSSR count). The van der Waals surface area contributed by atoms with Crippen LogP contribution in [-0.4, -0.2) is 30.7 Å². The van der Waals surface area contributed by atoms with Gasteiger partial charge in [0, 0.05) is 30.6 Å². The summed E-state index contributed by atoms with van der Waals surface area (Å²) >= 11 is 0. The van der Waals surface area contributed by atoms with E-state index < -0.39 is 9.84 Å². The Hall–Kier alpha value is -3.45. The van der Waals surface area contributed by atoms with Crippen LogP contribution in [0.3, 0.4) is 0 Å². The highest BCUT2D eigenvalue weighted by Gasteiger charge is 2.18. The van der Waals surface area contributed by atoms with E-state index in [0.717, 1.165) is 11.2 Å². The first kappa shape index (κ1) is 19.8. The molecule has 0 aliphatic heterocycles. The maximum absolute atomic E-state index is 12.8. The number of sulfone groups is 1. The molecule has 0 aliphatic carbocycles. The normalized spacial score (nSPS) is 11.5. The van der Waals surface area contributed by atoms with Gasteiger partial charge in [-0.2, -0.15) is 0 Å². The quantitative estimate of drug-likeness (QED) is 0.423. The second-order valence-corrected chi connectivity index (χ2v) is 8.81. The Morgan fingerprint density at radius 1 is 1.03 bits per heavy atom. The highest BCUT2D eigenvalue weighted by atomic mass is 32.2. The number of carbonyl (C=O) groups excluding carboxylic acids is 1. The fourth-order valence-electron chi connectivity index (χ4n) is 3.23. The van der Waals surface area contributed by atoms with Gasteiger partial charge in [-0.25, -0.2) is 13.4 Å². The average Bonchev–Trinajstić information content (AvgIpc) is 3.25. The van der Waals surface area contributed by atoms with Gasteiger partial charge in [0.25, 0.3) is 0 Å². The van der Waals surface area contributed by atoms with Crippen molar-refractivity contribution < 1.29 is 17.9 Å². The third kappa shape index (κ3) is 3.97. The number of benzene rings is 2. The molecular formula is C23H20N2O4S. The molecule has 152 valence electrons. The lowest BCUT2D eigenvalue weighted by molar-refractivity contribution is 0.0982. The number of aryl methyl sites for hydroxylation is 1. The number of ether oxygens (including phenoxy) is 1. The first-order valence-corrected chi connectivity index (χ1v) is 10.9. The van der Waals surface area contributed by atoms with E-state index in [0.29, 0.717) is 24.2 Å². The van der Waals surface area contributed by atoms with Gasteiger partial charge in [0.2, 0.25) is 9.84 Å². The van der Waals surface area contributed by atoms with Crippen LogP contribution in [0, 0.1) is 0 Å². The Labute approximate surface area is 174 Å². The summed E-state index contributed by atoms with van der Waals surface area (Å²) in [5.41, 5.74) is 2.31. The van der Waals surface area contributed by atoms with Crippen LogP contribution in [0.1, 0.15) is 22.3 Å². The zero-order valence-electron chi connectivity index (χ0n) is 16.4. The SMILES string of the molecule is COc1cccc(S(=O)(=O)c2ccc(CCC(=O)c3ccc4nccn4c3)cc2)c1. The molecule has 4 aromatic rings. The highest BCUT2D eigenvalue weighted by Crippen LogP contribution is 2.24. The van der Waals surface area contributed by atoms with E-state index in [2.05, 4.69) is 4.98 Å². The van der Waals surface area contributed by atoms with Gasteiger partial charge in [-0.3, -0.25) is 4.79 Å². The maximum Gasteiger partial charge on any atom is 0.206 e. The summed E-state index contributed by atoms with van der Waals surface area (Å²) < 4.78 is 32.6. The fourth-order valence-corrected chi connectivity index (χ4v) is 4.52. The van der Waals surface area contributed by atoms with Gasteiger partial charge in [0.15, 0.2) is 5.78 Å². The maximum atomic E-state index is 12.8. The standard InChI is InChI=1S/C23H20N2O4S/c1-29-19-3-2-4-21(15-19)30(27,28)20-9-5-17(6-10-20)7-11-22(26)18-8-12-23-24-13-14-25(23)16-18/h2-6,8-10,12-16H,7,11H2,1H3. The summed E-state index contributed by atoms with van der Waals surface area (Å²) in [6.45, 7) is 0. The Morgan fingerprint density at radius 2 is 1.83 bits per heavy atom. The molecule has 30 heavy (non-hydrogen) atoms. The molecule has 0 amide bonds. The summed E-state index contributed by atoms with van der Waals surface area (Å²) in [6, 6.07) is 16.6. The number of nitrogens with zero attached hydrogens (tertiary/aromatic N) is 2. The third-order valence-electron chi connectivity index (χ3n) is 4.94. The Balaban J connectivity index is 1.46. The molecule has 0 atom stereocenters. The second kappa shape index (κ2) is 8.12. The van der Waals surface area contributed by atoms with E-state index in [1.807, 2.05) is 10.5 Å². The molecule has 2 aromatic carbocycles. The smallest absolute Gasteiger partial charge is 0.206 e. The molecule has 0 N–H and O–H groups in total. The molecule has 2 heterocycles. The van der Waals surface area contributed by atoms with Crippen LogP contribution in [-0.2, 0) is 16.3 Å². The summed E-state index contributed by atoms with van der Waals surface area (Å²) in [4.78, 5) is 17.1. The molecule has 0 unspecified atom stereocenters. The predicted octanol–water partition coefficient (Wildman–Crippen LogP) is 3.99. The minimum Gasteiger partial charge on any atom is -0.497 e. The van der Waals surface area contributed by atoms with Gasteiger partial charge in [0.05, 0.1) is 16.9 Å². The number of methoxy groups -OCH3 is 1. The summed E-state index contributed by atoms with van der Waals surface area (Å²) in [6.07, 6.45) is 6.12. The van der Waals surface area contributed by atoms with Crippen molar-refractivity contribution in [3.05, 3.63) is 90.4 Å². The van der Waals surface area contributed by atoms with Crippen LogP contribution >= 0.6 is 0 Å². The first-order valence-electron chi connectivity index (χ1n) is 9.41. The molecule has 0 aliphatic rings. The molecule has 0 fully saturated rings. The third-order valence-corrected chi connectivity index (χ3v) is 6.70. The van der Waals surface area contributed by atoms with Crippen LogP contribution < -0.4 is 4.74 Å². The molecule has 0 spiro atoms. The van der Waals surface area contributed by atoms with Crippen LogP contribution in [0.4, 0.5) is 0 Å². The van der Waals surface area contributed by atoms with Crippen LogP contribution in [0.2, 0.25) is 0 Å². The van der Waals surface area contributed by atoms with E-state index in [1.54, 1.807) is 67.1 Å². The number of rotatable bonds is 7. The lowest BCUT2D eigenvalue weighted by Crippen LogP contribution is -2.04. The molecular weight excluding hydrogens is 400 g/mol. The van der Waals surface area contributed by atoms with E-state index in [9.17, 15) is 13.2 Å². The molecule has 0 radical (unpaired) electrons. The Bertz CT molecular complexity index is 1310. The van der Waals surface area contributed by atoms with E-state index in [-0.39, 0.29) is 15.6 Å². The minimum atomic E-state index is -3.63. The number of ketones is 1. The van der Waals surface area contributed by atoms with Gasteiger partial charge in [-0.05, 0) is 54.4 Å². The van der Waals surface area contributed by atoms with E-state index >= 15 is 0 Å². The second-order valence-electron chi connectivity index (χ2n) is 6.86. The van der Waals surface area contributed by atoms with Crippen molar-refractivity contribution in [2.24, 2.45) is 0 Å². The minimum absolute atomic E-state index is 0.0266. The highest BCUT2D eigenvalue weighted by molar-refractivity contribution is 7.91. The lowest BCUT2D eigenvalue weighted by Gasteiger charge is -2.08. The van der Waals surface area contributed by atoms with Gasteiger partial charge < -0.3 is 9.14 Å². The molecule has 0 bridgehead atoms. The molecule has 2 aromatic heterocycles. The zero-order chi connectivity index (χ0) is 21.1. The fraction of sp³-hybridized carbons (Fsp3) is 0.130. The number of pyridine rings is 1. The van der Waals surface area contributed by atoms with Crippen LogP contribution in [0.15, 0.2) is 89.0 Å². The average molecular weight is 420 g/mol. The largest absolute Gasteiger partial charge is 0.497 e. The number of carbonyl (C=O) groups is 1. The number of Topliss-reactive ketones (excluding diaryl/α,β-unsaturated/α-hetero) is 1. The summed E-state index contributed by atoms with van der Waals surface area (Å²) in [7, 11) is -2.14. The van der Waals surface area contributed by atoms with Gasteiger partial charge >= 0.3 is 0 Å². The molecule has 7 heteroatoms. The first-order chi connectivity index (χ1) is 14.5. The Morgan fingerprint density at radius 3 is 2.60 bits per heavy atom.